The summed E-state index contributed by atoms with van der Waals surface area (Å²) in [5.74, 6) is -1.26. The second-order valence-corrected chi connectivity index (χ2v) is 15.3. The summed E-state index contributed by atoms with van der Waals surface area (Å²) in [6, 6.07) is 6.11. The predicted molar refractivity (Wildman–Crippen MR) is 227 cm³/mol. The molecule has 2 rings (SSSR count). The van der Waals surface area contributed by atoms with Gasteiger partial charge in [0, 0.05) is 18.8 Å². The number of likely N-dealkylation sites (N-methyl/N-ethyl adjacent to an activating group) is 1. The first-order valence-corrected chi connectivity index (χ1v) is 21.4. The van der Waals surface area contributed by atoms with Crippen LogP contribution in [0.15, 0.2) is 28.4 Å². The largest absolute Gasteiger partial charge is 0.469 e. The molecule has 0 aliphatic heterocycles. The van der Waals surface area contributed by atoms with Crippen LogP contribution in [0, 0.1) is 33.3 Å². The Hall–Kier alpha value is -3.49. The van der Waals surface area contributed by atoms with Crippen molar-refractivity contribution in [2.75, 3.05) is 97.8 Å². The first-order valence-electron chi connectivity index (χ1n) is 20.6. The fraction of sp³-hybridized carbons (Fsp3) is 0.698. The van der Waals surface area contributed by atoms with Crippen LogP contribution in [0.25, 0.3) is 4.85 Å². The second-order valence-electron chi connectivity index (χ2n) is 14.1. The topological polar surface area (TPSA) is 140 Å². The van der Waals surface area contributed by atoms with Crippen molar-refractivity contribution in [2.45, 2.75) is 99.2 Å². The molecule has 2 unspecified atom stereocenters. The van der Waals surface area contributed by atoms with E-state index in [1.54, 1.807) is 0 Å². The maximum Gasteiger partial charge on any atom is 0.309 e. The van der Waals surface area contributed by atoms with E-state index in [-0.39, 0.29) is 37.8 Å². The molecule has 58 heavy (non-hydrogen) atoms. The van der Waals surface area contributed by atoms with E-state index in [9.17, 15) is 9.59 Å². The van der Waals surface area contributed by atoms with Gasteiger partial charge in [-0.2, -0.15) is 10.2 Å². The minimum absolute atomic E-state index is 0.0184. The Labute approximate surface area is 350 Å². The van der Waals surface area contributed by atoms with Crippen LogP contribution in [0.1, 0.15) is 82.2 Å². The van der Waals surface area contributed by atoms with Crippen molar-refractivity contribution in [3.05, 3.63) is 45.6 Å². The van der Waals surface area contributed by atoms with Crippen LogP contribution in [0.5, 0.6) is 0 Å². The van der Waals surface area contributed by atoms with E-state index < -0.39 is 11.9 Å². The summed E-state index contributed by atoms with van der Waals surface area (Å²) in [6.07, 6.45) is 4.68. The molecule has 0 saturated carbocycles. The Bertz CT molecular complexity index is 1530. The number of carbonyl (C=O) groups is 2. The number of ether oxygens (including phenoxy) is 8. The Morgan fingerprint density at radius 1 is 0.845 bits per heavy atom. The molecule has 2 atom stereocenters. The molecule has 0 amide bonds. The van der Waals surface area contributed by atoms with Crippen LogP contribution in [0.4, 0.5) is 22.1 Å². The monoisotopic (exact) mass is 832 g/mol. The lowest BCUT2D eigenvalue weighted by atomic mass is 9.97. The fourth-order valence-electron chi connectivity index (χ4n) is 5.76. The molecular formula is C43H68N4O10S. The number of nitrogens with zero attached hydrogens (tertiary/aromatic N) is 4. The van der Waals surface area contributed by atoms with Crippen LogP contribution in [0.2, 0.25) is 0 Å². The summed E-state index contributed by atoms with van der Waals surface area (Å²) >= 11 is 1.49. The average Bonchev–Trinajstić information content (AvgIpc) is 3.49. The van der Waals surface area contributed by atoms with E-state index in [1.807, 2.05) is 46.8 Å². The highest BCUT2D eigenvalue weighted by atomic mass is 32.1. The van der Waals surface area contributed by atoms with Gasteiger partial charge in [-0.1, -0.05) is 32.6 Å². The molecule has 0 aliphatic rings. The van der Waals surface area contributed by atoms with Gasteiger partial charge in [0.1, 0.15) is 11.6 Å². The molecule has 15 heteroatoms. The highest BCUT2D eigenvalue weighted by Crippen LogP contribution is 2.42. The molecule has 0 aliphatic carbocycles. The Morgan fingerprint density at radius 3 is 2.05 bits per heavy atom. The summed E-state index contributed by atoms with van der Waals surface area (Å²) < 4.78 is 44.6. The summed E-state index contributed by atoms with van der Waals surface area (Å²) in [5, 5.41) is 9.54. The Kier molecular flexibility index (Phi) is 26.7. The standard InChI is InChI=1S/C43H68N4O10S/c1-10-12-13-14-15-36(43(49)50-9)29-40(48)56-27-25-54-23-21-52-19-18-51-20-22-53-24-26-55-38(31-57-32(3)4)30-47(11-2)37-16-17-39(33(5)28-37)45-46-42-41(44-8)34(6)35(7)58-42/h16-17,28,32,36,38H,10-15,18-27,29-31H2,1-7,9H3. The van der Waals surface area contributed by atoms with Gasteiger partial charge in [-0.3, -0.25) is 9.59 Å². The zero-order valence-corrected chi connectivity index (χ0v) is 37.0. The van der Waals surface area contributed by atoms with E-state index >= 15 is 0 Å². The molecule has 0 fully saturated rings. The first kappa shape index (κ1) is 50.7. The summed E-state index contributed by atoms with van der Waals surface area (Å²) in [6.45, 7) is 27.3. The van der Waals surface area contributed by atoms with Gasteiger partial charge in [-0.15, -0.1) is 11.3 Å². The molecule has 326 valence electrons. The van der Waals surface area contributed by atoms with Gasteiger partial charge in [0.25, 0.3) is 0 Å². The summed E-state index contributed by atoms with van der Waals surface area (Å²) in [7, 11) is 1.34. The van der Waals surface area contributed by atoms with Crippen molar-refractivity contribution in [3.8, 4) is 0 Å². The van der Waals surface area contributed by atoms with Gasteiger partial charge in [0.05, 0.1) is 110 Å². The van der Waals surface area contributed by atoms with Crippen molar-refractivity contribution in [1.82, 2.24) is 0 Å². The number of esters is 2. The lowest BCUT2D eigenvalue weighted by Gasteiger charge is -2.29. The number of benzene rings is 1. The van der Waals surface area contributed by atoms with Crippen LogP contribution < -0.4 is 4.90 Å². The van der Waals surface area contributed by atoms with Crippen LogP contribution in [-0.2, 0) is 47.5 Å². The number of methoxy groups -OCH3 is 1. The predicted octanol–water partition coefficient (Wildman–Crippen LogP) is 9.04. The lowest BCUT2D eigenvalue weighted by Crippen LogP contribution is -2.38. The van der Waals surface area contributed by atoms with E-state index in [4.69, 9.17) is 44.5 Å². The number of thiophene rings is 1. The number of anilines is 1. The highest BCUT2D eigenvalue weighted by Gasteiger charge is 2.23. The number of azo groups is 1. The third-order valence-electron chi connectivity index (χ3n) is 9.20. The molecule has 0 spiro atoms. The van der Waals surface area contributed by atoms with Crippen LogP contribution in [-0.4, -0.2) is 117 Å². The number of rotatable bonds is 33. The summed E-state index contributed by atoms with van der Waals surface area (Å²) in [4.78, 5) is 31.2. The number of hydrogen-bond acceptors (Lipinski definition) is 14. The third-order valence-corrected chi connectivity index (χ3v) is 10.3. The molecule has 1 aromatic carbocycles. The fourth-order valence-corrected chi connectivity index (χ4v) is 6.67. The second kappa shape index (κ2) is 30.5. The van der Waals surface area contributed by atoms with Crippen molar-refractivity contribution in [3.63, 3.8) is 0 Å². The maximum absolute atomic E-state index is 12.2. The van der Waals surface area contributed by atoms with Gasteiger partial charge in [0.15, 0.2) is 0 Å². The molecule has 0 saturated heterocycles. The van der Waals surface area contributed by atoms with Crippen LogP contribution >= 0.6 is 11.3 Å². The van der Waals surface area contributed by atoms with Crippen LogP contribution in [0.3, 0.4) is 0 Å². The zero-order chi connectivity index (χ0) is 42.5. The number of aryl methyl sites for hydroxylation is 2. The zero-order valence-electron chi connectivity index (χ0n) is 36.2. The molecule has 14 nitrogen and oxygen atoms in total. The van der Waals surface area contributed by atoms with E-state index in [2.05, 4.69) is 39.9 Å². The van der Waals surface area contributed by atoms with Gasteiger partial charge in [-0.05, 0) is 82.2 Å². The SMILES string of the molecule is [C-]#[N+]c1c(N=Nc2ccc(N(CC)CC(COC(C)C)OCCOCCOCCOCCOCCOC(=O)CC(CCCCCC)C(=O)OC)cc2C)sc(C)c1C. The van der Waals surface area contributed by atoms with Crippen molar-refractivity contribution in [2.24, 2.45) is 16.1 Å². The molecule has 1 aromatic heterocycles. The van der Waals surface area contributed by atoms with Crippen molar-refractivity contribution >= 4 is 45.3 Å². The molecule has 0 N–H and O–H groups in total. The minimum Gasteiger partial charge on any atom is -0.469 e. The minimum atomic E-state index is -0.470. The van der Waals surface area contributed by atoms with Crippen molar-refractivity contribution in [1.29, 1.82) is 0 Å². The average molecular weight is 833 g/mol. The third kappa shape index (κ3) is 20.5. The first-order chi connectivity index (χ1) is 28.0. The van der Waals surface area contributed by atoms with Gasteiger partial charge >= 0.3 is 11.9 Å². The molecule has 2 aromatic rings. The van der Waals surface area contributed by atoms with Crippen molar-refractivity contribution < 1.29 is 47.5 Å². The van der Waals surface area contributed by atoms with Gasteiger partial charge < -0.3 is 42.8 Å². The quantitative estimate of drug-likeness (QED) is 0.0295. The highest BCUT2D eigenvalue weighted by molar-refractivity contribution is 7.16. The Balaban J connectivity index is 1.60. The number of unbranched alkanes of at least 4 members (excludes halogenated alkanes) is 3. The number of hydrogen-bond donors (Lipinski definition) is 0. The smallest absolute Gasteiger partial charge is 0.309 e. The van der Waals surface area contributed by atoms with E-state index in [0.29, 0.717) is 83.1 Å². The molecular weight excluding hydrogens is 765 g/mol. The lowest BCUT2D eigenvalue weighted by molar-refractivity contribution is -0.154. The van der Waals surface area contributed by atoms with E-state index in [0.717, 1.165) is 59.6 Å². The normalized spacial score (nSPS) is 12.6. The summed E-state index contributed by atoms with van der Waals surface area (Å²) in [5.41, 5.74) is 4.34. The van der Waals surface area contributed by atoms with E-state index in [1.165, 1.54) is 18.4 Å². The van der Waals surface area contributed by atoms with Gasteiger partial charge in [0.2, 0.25) is 5.69 Å². The molecule has 1 heterocycles. The number of carbonyl (C=O) groups excluding carboxylic acids is 2. The van der Waals surface area contributed by atoms with Gasteiger partial charge in [-0.25, -0.2) is 4.85 Å². The molecule has 0 radical (unpaired) electrons. The maximum atomic E-state index is 12.2. The Morgan fingerprint density at radius 2 is 1.48 bits per heavy atom. The molecule has 0 bridgehead atoms.